The summed E-state index contributed by atoms with van der Waals surface area (Å²) in [5.41, 5.74) is 3.77. The lowest BCUT2D eigenvalue weighted by atomic mass is 9.90. The molecular weight excluding hydrogens is 403 g/mol. The number of halogens is 1. The number of anilines is 1. The van der Waals surface area contributed by atoms with Crippen LogP contribution < -0.4 is 5.32 Å². The van der Waals surface area contributed by atoms with Gasteiger partial charge < -0.3 is 10.2 Å². The lowest BCUT2D eigenvalue weighted by Gasteiger charge is -2.34. The van der Waals surface area contributed by atoms with Crippen LogP contribution in [0.15, 0.2) is 42.5 Å². The summed E-state index contributed by atoms with van der Waals surface area (Å²) in [4.78, 5) is 16.9. The molecule has 0 aliphatic carbocycles. The van der Waals surface area contributed by atoms with E-state index in [1.165, 1.54) is 17.7 Å². The second-order valence-corrected chi connectivity index (χ2v) is 8.61. The van der Waals surface area contributed by atoms with Gasteiger partial charge in [0.25, 0.3) is 0 Å². The van der Waals surface area contributed by atoms with E-state index < -0.39 is 0 Å². The number of carbonyl (C=O) groups excluding carboxylic acids is 1. The van der Waals surface area contributed by atoms with Crippen molar-refractivity contribution in [3.05, 3.63) is 65.0 Å². The molecule has 1 heterocycles. The maximum atomic E-state index is 13.0. The summed E-state index contributed by atoms with van der Waals surface area (Å²) in [6, 6.07) is 14.3. The van der Waals surface area contributed by atoms with E-state index in [9.17, 15) is 9.18 Å². The van der Waals surface area contributed by atoms with Crippen molar-refractivity contribution < 1.29 is 9.18 Å². The van der Waals surface area contributed by atoms with Crippen LogP contribution in [-0.4, -0.2) is 55.0 Å². The number of nitrogens with one attached hydrogen (secondary N) is 1. The fourth-order valence-electron chi connectivity index (χ4n) is 4.34. The molecule has 1 aliphatic heterocycles. The van der Waals surface area contributed by atoms with Crippen LogP contribution in [0, 0.1) is 24.1 Å². The van der Waals surface area contributed by atoms with Gasteiger partial charge in [0.15, 0.2) is 0 Å². The minimum Gasteiger partial charge on any atom is -0.325 e. The zero-order chi connectivity index (χ0) is 22.9. The zero-order valence-corrected chi connectivity index (χ0v) is 19.1. The smallest absolute Gasteiger partial charge is 0.238 e. The van der Waals surface area contributed by atoms with E-state index >= 15 is 0 Å². The number of nitriles is 1. The van der Waals surface area contributed by atoms with E-state index in [2.05, 4.69) is 40.2 Å². The van der Waals surface area contributed by atoms with Crippen molar-refractivity contribution in [1.29, 1.82) is 5.26 Å². The molecule has 1 amide bonds. The van der Waals surface area contributed by atoms with Crippen LogP contribution in [0.25, 0.3) is 0 Å². The number of hydrogen-bond donors (Lipinski definition) is 1. The van der Waals surface area contributed by atoms with E-state index in [0.29, 0.717) is 18.2 Å². The lowest BCUT2D eigenvalue weighted by Crippen LogP contribution is -2.48. The Morgan fingerprint density at radius 1 is 1.12 bits per heavy atom. The summed E-state index contributed by atoms with van der Waals surface area (Å²) < 4.78 is 13.0. The van der Waals surface area contributed by atoms with E-state index in [0.717, 1.165) is 63.1 Å². The fourth-order valence-corrected chi connectivity index (χ4v) is 4.34. The third-order valence-electron chi connectivity index (χ3n) is 6.32. The molecule has 1 atom stereocenters. The molecule has 2 aromatic rings. The molecular formula is C26H33FN4O. The predicted molar refractivity (Wildman–Crippen MR) is 126 cm³/mol. The molecule has 1 unspecified atom stereocenters. The summed E-state index contributed by atoms with van der Waals surface area (Å²) in [7, 11) is 0. The van der Waals surface area contributed by atoms with Gasteiger partial charge in [-0.2, -0.15) is 5.26 Å². The van der Waals surface area contributed by atoms with Crippen LogP contribution in [0.2, 0.25) is 0 Å². The molecule has 32 heavy (non-hydrogen) atoms. The van der Waals surface area contributed by atoms with Crippen LogP contribution >= 0.6 is 0 Å². The average Bonchev–Trinajstić information content (AvgIpc) is 2.79. The quantitative estimate of drug-likeness (QED) is 0.627. The number of aryl methyl sites for hydroxylation is 1. The van der Waals surface area contributed by atoms with Gasteiger partial charge in [-0.25, -0.2) is 4.39 Å². The van der Waals surface area contributed by atoms with Gasteiger partial charge in [-0.05, 0) is 80.1 Å². The summed E-state index contributed by atoms with van der Waals surface area (Å²) >= 11 is 0. The first-order valence-corrected chi connectivity index (χ1v) is 11.5. The highest BCUT2D eigenvalue weighted by atomic mass is 19.1. The maximum absolute atomic E-state index is 13.0. The molecule has 1 N–H and O–H groups in total. The molecule has 0 bridgehead atoms. The van der Waals surface area contributed by atoms with Gasteiger partial charge in [-0.3, -0.25) is 9.69 Å². The summed E-state index contributed by atoms with van der Waals surface area (Å²) in [6.07, 6.45) is 3.38. The number of piperazine rings is 1. The molecule has 0 saturated carbocycles. The topological polar surface area (TPSA) is 59.4 Å². The highest BCUT2D eigenvalue weighted by Gasteiger charge is 2.19. The van der Waals surface area contributed by atoms with Crippen molar-refractivity contribution in [2.75, 3.05) is 44.6 Å². The number of rotatable bonds is 9. The number of nitrogens with zero attached hydrogens (tertiary/aromatic N) is 3. The number of hydrogen-bond acceptors (Lipinski definition) is 4. The molecule has 6 heteroatoms. The van der Waals surface area contributed by atoms with Crippen LogP contribution in [0.1, 0.15) is 48.8 Å². The van der Waals surface area contributed by atoms with Crippen molar-refractivity contribution >= 4 is 11.6 Å². The number of carbonyl (C=O) groups is 1. The first kappa shape index (κ1) is 23.9. The average molecular weight is 437 g/mol. The third-order valence-corrected chi connectivity index (χ3v) is 6.32. The summed E-state index contributed by atoms with van der Waals surface area (Å²) in [6.45, 7) is 9.36. The summed E-state index contributed by atoms with van der Waals surface area (Å²) in [5, 5.41) is 12.0. The summed E-state index contributed by atoms with van der Waals surface area (Å²) in [5.74, 6) is 0.155. The van der Waals surface area contributed by atoms with Gasteiger partial charge in [0.05, 0.1) is 18.2 Å². The van der Waals surface area contributed by atoms with E-state index in [4.69, 9.17) is 5.26 Å². The van der Waals surface area contributed by atoms with Gasteiger partial charge >= 0.3 is 0 Å². The first-order valence-electron chi connectivity index (χ1n) is 11.5. The Morgan fingerprint density at radius 3 is 2.44 bits per heavy atom. The fraction of sp³-hybridized carbons (Fsp3) is 0.462. The molecule has 2 aromatic carbocycles. The van der Waals surface area contributed by atoms with E-state index in [1.54, 1.807) is 12.1 Å². The molecule has 1 saturated heterocycles. The normalized spacial score (nSPS) is 15.8. The molecule has 0 radical (unpaired) electrons. The lowest BCUT2D eigenvalue weighted by molar-refractivity contribution is -0.117. The Morgan fingerprint density at radius 2 is 1.81 bits per heavy atom. The molecule has 1 fully saturated rings. The monoisotopic (exact) mass is 436 g/mol. The van der Waals surface area contributed by atoms with Gasteiger partial charge in [-0.1, -0.05) is 19.1 Å². The minimum atomic E-state index is -0.309. The van der Waals surface area contributed by atoms with Gasteiger partial charge in [0, 0.05) is 31.9 Å². The van der Waals surface area contributed by atoms with Crippen LogP contribution in [0.4, 0.5) is 10.1 Å². The van der Waals surface area contributed by atoms with Crippen molar-refractivity contribution in [3.8, 4) is 6.07 Å². The second kappa shape index (κ2) is 11.8. The Labute approximate surface area is 190 Å². The Bertz CT molecular complexity index is 930. The molecule has 170 valence electrons. The predicted octanol–water partition coefficient (Wildman–Crippen LogP) is 4.54. The Hall–Kier alpha value is -2.75. The highest BCUT2D eigenvalue weighted by molar-refractivity contribution is 5.92. The van der Waals surface area contributed by atoms with Crippen molar-refractivity contribution in [1.82, 2.24) is 9.80 Å². The molecule has 3 rings (SSSR count). The Kier molecular flexibility index (Phi) is 8.78. The Balaban J connectivity index is 1.37. The standard InChI is InChI=1S/C26H33FN4O/c1-3-21(22-6-7-23(18-28)20(2)17-22)5-4-12-30-13-15-31(16-14-30)19-26(32)29-25-10-8-24(27)9-11-25/h6-11,17,21H,3-5,12-16,19H2,1-2H3,(H,29,32). The molecule has 1 aliphatic rings. The van der Waals surface area contributed by atoms with Crippen LogP contribution in [0.5, 0.6) is 0 Å². The van der Waals surface area contributed by atoms with Gasteiger partial charge in [-0.15, -0.1) is 0 Å². The second-order valence-electron chi connectivity index (χ2n) is 8.61. The van der Waals surface area contributed by atoms with E-state index in [1.807, 2.05) is 13.0 Å². The molecule has 5 nitrogen and oxygen atoms in total. The highest BCUT2D eigenvalue weighted by Crippen LogP contribution is 2.26. The van der Waals surface area contributed by atoms with E-state index in [-0.39, 0.29) is 11.7 Å². The molecule has 0 spiro atoms. The largest absolute Gasteiger partial charge is 0.325 e. The molecule has 0 aromatic heterocycles. The van der Waals surface area contributed by atoms with Crippen molar-refractivity contribution in [2.24, 2.45) is 0 Å². The van der Waals surface area contributed by atoms with Crippen molar-refractivity contribution in [2.45, 2.75) is 39.0 Å². The van der Waals surface area contributed by atoms with Gasteiger partial charge in [0.2, 0.25) is 5.91 Å². The third kappa shape index (κ3) is 6.88. The van der Waals surface area contributed by atoms with Crippen LogP contribution in [-0.2, 0) is 4.79 Å². The van der Waals surface area contributed by atoms with Crippen LogP contribution in [0.3, 0.4) is 0 Å². The minimum absolute atomic E-state index is 0.0615. The zero-order valence-electron chi connectivity index (χ0n) is 19.1. The number of amides is 1. The maximum Gasteiger partial charge on any atom is 0.238 e. The SMILES string of the molecule is CCC(CCCN1CCN(CC(=O)Nc2ccc(F)cc2)CC1)c1ccc(C#N)c(C)c1. The van der Waals surface area contributed by atoms with Gasteiger partial charge in [0.1, 0.15) is 5.82 Å². The first-order chi connectivity index (χ1) is 15.5. The van der Waals surface area contributed by atoms with Crippen molar-refractivity contribution in [3.63, 3.8) is 0 Å². The number of benzene rings is 2.